The van der Waals surface area contributed by atoms with Crippen LogP contribution in [0, 0.1) is 0 Å². The van der Waals surface area contributed by atoms with Crippen LogP contribution >= 0.6 is 11.6 Å². The van der Waals surface area contributed by atoms with E-state index in [0.717, 1.165) is 29.0 Å². The molecule has 3 heteroatoms. The van der Waals surface area contributed by atoms with Crippen molar-refractivity contribution in [3.63, 3.8) is 0 Å². The van der Waals surface area contributed by atoms with Gasteiger partial charge in [-0.1, -0.05) is 35.9 Å². The van der Waals surface area contributed by atoms with E-state index in [-0.39, 0.29) is 0 Å². The average Bonchev–Trinajstić information content (AvgIpc) is 2.23. The number of rotatable bonds is 1. The highest BCUT2D eigenvalue weighted by Crippen LogP contribution is 2.32. The number of hydrazone groups is 1. The van der Waals surface area contributed by atoms with Crippen LogP contribution in [-0.2, 0) is 6.42 Å². The van der Waals surface area contributed by atoms with Crippen LogP contribution in [0.5, 0.6) is 0 Å². The summed E-state index contributed by atoms with van der Waals surface area (Å²) in [6.07, 6.45) is 3.56. The fourth-order valence-corrected chi connectivity index (χ4v) is 2.04. The van der Waals surface area contributed by atoms with Crippen LogP contribution in [0.25, 0.3) is 5.03 Å². The molecule has 1 aromatic carbocycles. The molecule has 0 saturated carbocycles. The lowest BCUT2D eigenvalue weighted by molar-refractivity contribution is 0.959. The lowest BCUT2D eigenvalue weighted by Crippen LogP contribution is -2.03. The monoisotopic (exact) mass is 206 g/mol. The quantitative estimate of drug-likeness (QED) is 0.428. The van der Waals surface area contributed by atoms with Crippen molar-refractivity contribution in [1.29, 1.82) is 0 Å². The predicted octanol–water partition coefficient (Wildman–Crippen LogP) is 2.53. The van der Waals surface area contributed by atoms with Crippen LogP contribution in [0.4, 0.5) is 0 Å². The van der Waals surface area contributed by atoms with Gasteiger partial charge < -0.3 is 5.84 Å². The maximum absolute atomic E-state index is 6.22. The fraction of sp³-hybridized carbons (Fsp3) is 0.182. The second kappa shape index (κ2) is 3.84. The van der Waals surface area contributed by atoms with Crippen LogP contribution in [0.1, 0.15) is 17.5 Å². The molecule has 2 nitrogen and oxygen atoms in total. The van der Waals surface area contributed by atoms with Crippen LogP contribution in [0.3, 0.4) is 0 Å². The molecule has 0 unspecified atom stereocenters. The normalized spacial score (nSPS) is 16.1. The molecular weight excluding hydrogens is 196 g/mol. The van der Waals surface area contributed by atoms with Crippen molar-refractivity contribution in [3.8, 4) is 0 Å². The zero-order chi connectivity index (χ0) is 9.97. The number of nitrogens with two attached hydrogens (primary N) is 1. The van der Waals surface area contributed by atoms with Crippen molar-refractivity contribution in [2.24, 2.45) is 10.9 Å². The number of halogens is 1. The summed E-state index contributed by atoms with van der Waals surface area (Å²) in [5.74, 6) is 5.12. The number of allylic oxidation sites excluding steroid dienone is 1. The van der Waals surface area contributed by atoms with Gasteiger partial charge in [0.05, 0.1) is 11.2 Å². The SMILES string of the molecule is N/N=C/C1=C(Cl)c2ccccc2CC1. The molecule has 14 heavy (non-hydrogen) atoms. The Morgan fingerprint density at radius 2 is 2.07 bits per heavy atom. The van der Waals surface area contributed by atoms with Gasteiger partial charge in [-0.15, -0.1) is 0 Å². The molecule has 0 radical (unpaired) electrons. The van der Waals surface area contributed by atoms with E-state index in [9.17, 15) is 0 Å². The molecule has 2 N–H and O–H groups in total. The van der Waals surface area contributed by atoms with Gasteiger partial charge in [0.1, 0.15) is 0 Å². The van der Waals surface area contributed by atoms with E-state index < -0.39 is 0 Å². The second-order valence-electron chi connectivity index (χ2n) is 3.27. The van der Waals surface area contributed by atoms with Crippen molar-refractivity contribution in [1.82, 2.24) is 0 Å². The Hall–Kier alpha value is -1.28. The average molecular weight is 207 g/mol. The predicted molar refractivity (Wildman–Crippen MR) is 60.2 cm³/mol. The van der Waals surface area contributed by atoms with Gasteiger partial charge in [-0.25, -0.2) is 0 Å². The summed E-state index contributed by atoms with van der Waals surface area (Å²) in [6, 6.07) is 8.16. The highest BCUT2D eigenvalue weighted by atomic mass is 35.5. The first-order valence-electron chi connectivity index (χ1n) is 4.53. The maximum atomic E-state index is 6.22. The van der Waals surface area contributed by atoms with Gasteiger partial charge in [0.2, 0.25) is 0 Å². The Labute approximate surface area is 88.1 Å². The third-order valence-electron chi connectivity index (χ3n) is 2.43. The van der Waals surface area contributed by atoms with Crippen LogP contribution in [-0.4, -0.2) is 6.21 Å². The molecule has 0 saturated heterocycles. The number of benzene rings is 1. The molecule has 0 aliphatic heterocycles. The number of hydrogen-bond donors (Lipinski definition) is 1. The molecule has 0 spiro atoms. The fourth-order valence-electron chi connectivity index (χ4n) is 1.72. The Morgan fingerprint density at radius 3 is 2.86 bits per heavy atom. The summed E-state index contributed by atoms with van der Waals surface area (Å²) in [5.41, 5.74) is 3.43. The molecule has 0 fully saturated rings. The molecule has 0 amide bonds. The highest BCUT2D eigenvalue weighted by Gasteiger charge is 2.15. The van der Waals surface area contributed by atoms with Crippen molar-refractivity contribution < 1.29 is 0 Å². The third kappa shape index (κ3) is 1.53. The first-order chi connectivity index (χ1) is 6.83. The second-order valence-corrected chi connectivity index (χ2v) is 3.65. The Kier molecular flexibility index (Phi) is 2.55. The number of fused-ring (bicyclic) bond motifs is 1. The van der Waals surface area contributed by atoms with E-state index in [0.29, 0.717) is 0 Å². The van der Waals surface area contributed by atoms with Crippen LogP contribution in [0.2, 0.25) is 0 Å². The Balaban J connectivity index is 2.51. The summed E-state index contributed by atoms with van der Waals surface area (Å²) in [5, 5.41) is 4.29. The lowest BCUT2D eigenvalue weighted by Gasteiger charge is -2.16. The molecule has 0 atom stereocenters. The molecule has 72 valence electrons. The summed E-state index contributed by atoms with van der Waals surface area (Å²) in [4.78, 5) is 0. The Morgan fingerprint density at radius 1 is 1.29 bits per heavy atom. The largest absolute Gasteiger partial charge is 0.323 e. The first-order valence-corrected chi connectivity index (χ1v) is 4.91. The van der Waals surface area contributed by atoms with Crippen LogP contribution < -0.4 is 5.84 Å². The van der Waals surface area contributed by atoms with Gasteiger partial charge in [-0.05, 0) is 29.5 Å². The molecular formula is C11H11ClN2. The van der Waals surface area contributed by atoms with Gasteiger partial charge >= 0.3 is 0 Å². The van der Waals surface area contributed by atoms with E-state index >= 15 is 0 Å². The highest BCUT2D eigenvalue weighted by molar-refractivity contribution is 6.50. The maximum Gasteiger partial charge on any atom is 0.0529 e. The van der Waals surface area contributed by atoms with Gasteiger partial charge in [-0.3, -0.25) is 0 Å². The topological polar surface area (TPSA) is 38.4 Å². The van der Waals surface area contributed by atoms with E-state index in [2.05, 4.69) is 11.2 Å². The van der Waals surface area contributed by atoms with Gasteiger partial charge in [-0.2, -0.15) is 5.10 Å². The van der Waals surface area contributed by atoms with Crippen molar-refractivity contribution >= 4 is 22.8 Å². The van der Waals surface area contributed by atoms with Gasteiger partial charge in [0, 0.05) is 0 Å². The molecule has 1 aromatic rings. The number of hydrogen-bond acceptors (Lipinski definition) is 2. The molecule has 0 heterocycles. The summed E-state index contributed by atoms with van der Waals surface area (Å²) >= 11 is 6.22. The summed E-state index contributed by atoms with van der Waals surface area (Å²) < 4.78 is 0. The van der Waals surface area contributed by atoms with Crippen molar-refractivity contribution in [2.45, 2.75) is 12.8 Å². The molecule has 2 rings (SSSR count). The smallest absolute Gasteiger partial charge is 0.0529 e. The Bertz CT molecular complexity index is 408. The van der Waals surface area contributed by atoms with E-state index in [1.165, 1.54) is 5.56 Å². The number of aryl methyl sites for hydroxylation is 1. The van der Waals surface area contributed by atoms with Gasteiger partial charge in [0.15, 0.2) is 0 Å². The molecule has 1 aliphatic rings. The van der Waals surface area contributed by atoms with E-state index in [1.54, 1.807) is 6.21 Å². The van der Waals surface area contributed by atoms with Crippen LogP contribution in [0.15, 0.2) is 34.9 Å². The minimum absolute atomic E-state index is 0.779. The zero-order valence-corrected chi connectivity index (χ0v) is 8.46. The molecule has 0 bridgehead atoms. The summed E-state index contributed by atoms with van der Waals surface area (Å²) in [7, 11) is 0. The van der Waals surface area contributed by atoms with E-state index in [4.69, 9.17) is 17.4 Å². The number of nitrogens with zero attached hydrogens (tertiary/aromatic N) is 1. The standard InChI is InChI=1S/C11H11ClN2/c12-11-9(7-14-13)6-5-8-3-1-2-4-10(8)11/h1-4,7H,5-6,13H2/b14-7+. The minimum atomic E-state index is 0.779. The third-order valence-corrected chi connectivity index (χ3v) is 2.88. The first kappa shape index (κ1) is 9.28. The summed E-state index contributed by atoms with van der Waals surface area (Å²) in [6.45, 7) is 0. The molecule has 1 aliphatic carbocycles. The van der Waals surface area contributed by atoms with E-state index in [1.807, 2.05) is 18.2 Å². The molecule has 0 aromatic heterocycles. The zero-order valence-electron chi connectivity index (χ0n) is 7.70. The van der Waals surface area contributed by atoms with Crippen molar-refractivity contribution in [2.75, 3.05) is 0 Å². The van der Waals surface area contributed by atoms with Gasteiger partial charge in [0.25, 0.3) is 0 Å². The van der Waals surface area contributed by atoms with Crippen molar-refractivity contribution in [3.05, 3.63) is 41.0 Å². The lowest BCUT2D eigenvalue weighted by atomic mass is 9.92. The minimum Gasteiger partial charge on any atom is -0.323 e.